The smallest absolute Gasteiger partial charge is 0.0940 e. The van der Waals surface area contributed by atoms with Crippen LogP contribution in [0.15, 0.2) is 18.2 Å². The Morgan fingerprint density at radius 1 is 1.18 bits per heavy atom. The van der Waals surface area contributed by atoms with Crippen LogP contribution in [0.3, 0.4) is 0 Å². The van der Waals surface area contributed by atoms with Crippen molar-refractivity contribution >= 4 is 23.2 Å². The summed E-state index contributed by atoms with van der Waals surface area (Å²) in [5.74, 6) is 0. The van der Waals surface area contributed by atoms with Crippen LogP contribution < -0.4 is 5.32 Å². The van der Waals surface area contributed by atoms with Gasteiger partial charge in [-0.25, -0.2) is 0 Å². The van der Waals surface area contributed by atoms with Crippen molar-refractivity contribution in [1.82, 2.24) is 5.32 Å². The van der Waals surface area contributed by atoms with E-state index in [4.69, 9.17) is 23.2 Å². The lowest BCUT2D eigenvalue weighted by Crippen LogP contribution is -2.44. The molecule has 17 heavy (non-hydrogen) atoms. The monoisotopic (exact) mass is 275 g/mol. The van der Waals surface area contributed by atoms with Gasteiger partial charge in [-0.1, -0.05) is 29.3 Å². The molecule has 4 heteroatoms. The molecule has 2 nitrogen and oxygen atoms in total. The van der Waals surface area contributed by atoms with Crippen LogP contribution in [-0.4, -0.2) is 16.7 Å². The van der Waals surface area contributed by atoms with E-state index in [0.29, 0.717) is 10.0 Å². The first-order chi connectivity index (χ1) is 7.70. The second-order valence-corrected chi connectivity index (χ2v) is 6.12. The first-order valence-corrected chi connectivity index (χ1v) is 6.37. The molecule has 2 N–H and O–H groups in total. The van der Waals surface area contributed by atoms with Crippen molar-refractivity contribution < 1.29 is 5.11 Å². The number of hydrogen-bond acceptors (Lipinski definition) is 2. The molecule has 0 aliphatic heterocycles. The molecule has 1 aromatic carbocycles. The number of halogens is 2. The molecule has 0 aromatic heterocycles. The highest BCUT2D eigenvalue weighted by Crippen LogP contribution is 2.27. The van der Waals surface area contributed by atoms with Crippen LogP contribution in [-0.2, 0) is 0 Å². The summed E-state index contributed by atoms with van der Waals surface area (Å²) in [7, 11) is 0. The van der Waals surface area contributed by atoms with Gasteiger partial charge in [-0.05, 0) is 45.4 Å². The molecule has 0 fully saturated rings. The van der Waals surface area contributed by atoms with Crippen LogP contribution in [0, 0.1) is 0 Å². The molecule has 0 heterocycles. The number of hydrogen-bond donors (Lipinski definition) is 2. The summed E-state index contributed by atoms with van der Waals surface area (Å²) >= 11 is 11.8. The summed E-state index contributed by atoms with van der Waals surface area (Å²) in [6.07, 6.45) is -0.607. The molecule has 0 bridgehead atoms. The second-order valence-electron chi connectivity index (χ2n) is 5.30. The Kier molecular flexibility index (Phi) is 4.85. The molecule has 1 aromatic rings. The highest BCUT2D eigenvalue weighted by molar-refractivity contribution is 6.42. The molecule has 0 saturated carbocycles. The van der Waals surface area contributed by atoms with Gasteiger partial charge in [0.05, 0.1) is 16.1 Å². The van der Waals surface area contributed by atoms with Gasteiger partial charge in [0.2, 0.25) is 0 Å². The zero-order valence-corrected chi connectivity index (χ0v) is 12.1. The summed E-state index contributed by atoms with van der Waals surface area (Å²) in [6.45, 7) is 8.12. The van der Waals surface area contributed by atoms with E-state index < -0.39 is 6.10 Å². The standard InChI is InChI=1S/C13H19Cl2NO/c1-8(16-13(2,3)4)12(17)9-5-6-10(14)11(15)7-9/h5-8,12,16-17H,1-4H3/t8-,12-/m0/s1. The van der Waals surface area contributed by atoms with E-state index in [1.165, 1.54) is 0 Å². The van der Waals surface area contributed by atoms with E-state index in [-0.39, 0.29) is 11.6 Å². The van der Waals surface area contributed by atoms with E-state index in [1.807, 2.05) is 6.92 Å². The van der Waals surface area contributed by atoms with Crippen molar-refractivity contribution in [3.63, 3.8) is 0 Å². The Morgan fingerprint density at radius 3 is 2.24 bits per heavy atom. The average Bonchev–Trinajstić information content (AvgIpc) is 2.18. The Bertz CT molecular complexity index is 387. The van der Waals surface area contributed by atoms with Crippen molar-refractivity contribution in [3.8, 4) is 0 Å². The summed E-state index contributed by atoms with van der Waals surface area (Å²) in [4.78, 5) is 0. The minimum Gasteiger partial charge on any atom is -0.387 e. The molecule has 0 amide bonds. The maximum Gasteiger partial charge on any atom is 0.0940 e. The van der Waals surface area contributed by atoms with Gasteiger partial charge in [-0.2, -0.15) is 0 Å². The van der Waals surface area contributed by atoms with Gasteiger partial charge in [0.25, 0.3) is 0 Å². The second kappa shape index (κ2) is 5.57. The maximum atomic E-state index is 10.2. The maximum absolute atomic E-state index is 10.2. The van der Waals surface area contributed by atoms with Crippen LogP contribution in [0.2, 0.25) is 10.0 Å². The van der Waals surface area contributed by atoms with E-state index in [1.54, 1.807) is 18.2 Å². The van der Waals surface area contributed by atoms with Gasteiger partial charge in [-0.3, -0.25) is 0 Å². The summed E-state index contributed by atoms with van der Waals surface area (Å²) in [5.41, 5.74) is 0.722. The van der Waals surface area contributed by atoms with E-state index in [0.717, 1.165) is 5.56 Å². The third-order valence-corrected chi connectivity index (χ3v) is 3.16. The molecule has 96 valence electrons. The van der Waals surface area contributed by atoms with Crippen LogP contribution in [0.5, 0.6) is 0 Å². The molecule has 0 saturated heterocycles. The van der Waals surface area contributed by atoms with Crippen molar-refractivity contribution in [3.05, 3.63) is 33.8 Å². The van der Waals surface area contributed by atoms with E-state index in [2.05, 4.69) is 26.1 Å². The molecule has 0 radical (unpaired) electrons. The highest BCUT2D eigenvalue weighted by atomic mass is 35.5. The van der Waals surface area contributed by atoms with Crippen LogP contribution in [0.25, 0.3) is 0 Å². The number of aliphatic hydroxyl groups excluding tert-OH is 1. The zero-order chi connectivity index (χ0) is 13.2. The number of nitrogens with one attached hydrogen (secondary N) is 1. The van der Waals surface area contributed by atoms with Crippen molar-refractivity contribution in [2.45, 2.75) is 45.4 Å². The zero-order valence-electron chi connectivity index (χ0n) is 10.6. The van der Waals surface area contributed by atoms with Crippen LogP contribution in [0.1, 0.15) is 39.4 Å². The minimum atomic E-state index is -0.607. The molecular weight excluding hydrogens is 257 g/mol. The summed E-state index contributed by atoms with van der Waals surface area (Å²) < 4.78 is 0. The largest absolute Gasteiger partial charge is 0.387 e. The van der Waals surface area contributed by atoms with Crippen molar-refractivity contribution in [1.29, 1.82) is 0 Å². The van der Waals surface area contributed by atoms with Crippen molar-refractivity contribution in [2.75, 3.05) is 0 Å². The number of benzene rings is 1. The minimum absolute atomic E-state index is 0.0450. The average molecular weight is 276 g/mol. The van der Waals surface area contributed by atoms with Crippen molar-refractivity contribution in [2.24, 2.45) is 0 Å². The summed E-state index contributed by atoms with van der Waals surface area (Å²) in [5, 5.41) is 14.5. The van der Waals surface area contributed by atoms with Gasteiger partial charge in [-0.15, -0.1) is 0 Å². The normalized spacial score (nSPS) is 15.7. The first kappa shape index (κ1) is 14.8. The summed E-state index contributed by atoms with van der Waals surface area (Å²) in [6, 6.07) is 5.13. The fourth-order valence-corrected chi connectivity index (χ4v) is 2.05. The molecule has 2 atom stereocenters. The quantitative estimate of drug-likeness (QED) is 0.880. The first-order valence-electron chi connectivity index (χ1n) is 5.61. The predicted octanol–water partition coefficient (Wildman–Crippen LogP) is 3.80. The molecule has 0 aliphatic rings. The fourth-order valence-electron chi connectivity index (χ4n) is 1.75. The Labute approximate surface area is 113 Å². The SMILES string of the molecule is C[C@H](NC(C)(C)C)[C@H](O)c1ccc(Cl)c(Cl)c1. The van der Waals surface area contributed by atoms with Gasteiger partial charge in [0.15, 0.2) is 0 Å². The Morgan fingerprint density at radius 2 is 1.76 bits per heavy atom. The molecule has 1 rings (SSSR count). The van der Waals surface area contributed by atoms with E-state index in [9.17, 15) is 5.11 Å². The predicted molar refractivity (Wildman–Crippen MR) is 73.8 cm³/mol. The van der Waals surface area contributed by atoms with Gasteiger partial charge in [0.1, 0.15) is 0 Å². The molecule has 0 spiro atoms. The highest BCUT2D eigenvalue weighted by Gasteiger charge is 2.21. The Hall–Kier alpha value is -0.280. The Balaban J connectivity index is 2.81. The van der Waals surface area contributed by atoms with Crippen LogP contribution >= 0.6 is 23.2 Å². The van der Waals surface area contributed by atoms with E-state index >= 15 is 0 Å². The van der Waals surface area contributed by atoms with Crippen LogP contribution in [0.4, 0.5) is 0 Å². The molecular formula is C13H19Cl2NO. The lowest BCUT2D eigenvalue weighted by Gasteiger charge is -2.29. The van der Waals surface area contributed by atoms with Gasteiger partial charge >= 0.3 is 0 Å². The molecule has 0 unspecified atom stereocenters. The lowest BCUT2D eigenvalue weighted by molar-refractivity contribution is 0.121. The topological polar surface area (TPSA) is 32.3 Å². The molecule has 0 aliphatic carbocycles. The van der Waals surface area contributed by atoms with Gasteiger partial charge < -0.3 is 10.4 Å². The fraction of sp³-hybridized carbons (Fsp3) is 0.538. The lowest BCUT2D eigenvalue weighted by atomic mass is 10.00. The number of rotatable bonds is 3. The van der Waals surface area contributed by atoms with Gasteiger partial charge in [0, 0.05) is 11.6 Å². The third kappa shape index (κ3) is 4.47. The number of aliphatic hydroxyl groups is 1. The third-order valence-electron chi connectivity index (χ3n) is 2.42.